The van der Waals surface area contributed by atoms with Crippen molar-refractivity contribution in [2.75, 3.05) is 24.2 Å². The van der Waals surface area contributed by atoms with E-state index in [4.69, 9.17) is 23.2 Å². The lowest BCUT2D eigenvalue weighted by Crippen LogP contribution is -2.53. The van der Waals surface area contributed by atoms with Gasteiger partial charge in [0.15, 0.2) is 0 Å². The number of rotatable bonds is 11. The third-order valence-electron chi connectivity index (χ3n) is 6.43. The molecule has 0 radical (unpaired) electrons. The number of benzene rings is 3. The zero-order valence-corrected chi connectivity index (χ0v) is 24.7. The van der Waals surface area contributed by atoms with Crippen molar-refractivity contribution in [2.24, 2.45) is 0 Å². The molecule has 39 heavy (non-hydrogen) atoms. The topological polar surface area (TPSA) is 86.8 Å². The Hall–Kier alpha value is -3.07. The van der Waals surface area contributed by atoms with E-state index in [1.54, 1.807) is 30.3 Å². The lowest BCUT2D eigenvalue weighted by molar-refractivity contribution is -0.139. The highest BCUT2D eigenvalue weighted by molar-refractivity contribution is 7.92. The van der Waals surface area contributed by atoms with Crippen LogP contribution in [0.3, 0.4) is 0 Å². The van der Waals surface area contributed by atoms with Crippen LogP contribution in [0.25, 0.3) is 0 Å². The minimum absolute atomic E-state index is 0.0911. The number of likely N-dealkylation sites (N-methyl/N-ethyl adjacent to an activating group) is 1. The van der Waals surface area contributed by atoms with Gasteiger partial charge >= 0.3 is 0 Å². The van der Waals surface area contributed by atoms with Gasteiger partial charge in [0.05, 0.1) is 11.9 Å². The van der Waals surface area contributed by atoms with E-state index in [0.717, 1.165) is 21.7 Å². The maximum atomic E-state index is 14.0. The summed E-state index contributed by atoms with van der Waals surface area (Å²) in [5, 5.41) is 3.30. The van der Waals surface area contributed by atoms with E-state index < -0.39 is 34.4 Å². The van der Waals surface area contributed by atoms with Crippen LogP contribution in [0.4, 0.5) is 5.69 Å². The van der Waals surface area contributed by atoms with E-state index in [-0.39, 0.29) is 18.9 Å². The van der Waals surface area contributed by atoms with Crippen molar-refractivity contribution in [1.82, 2.24) is 10.2 Å². The largest absolute Gasteiger partial charge is 0.357 e. The number of hydrogen-bond donors (Lipinski definition) is 1. The van der Waals surface area contributed by atoms with Gasteiger partial charge in [-0.25, -0.2) is 8.42 Å². The first-order valence-electron chi connectivity index (χ1n) is 12.5. The molecule has 1 atom stereocenters. The highest BCUT2D eigenvalue weighted by atomic mass is 35.5. The Balaban J connectivity index is 2.06. The molecule has 0 bridgehead atoms. The third-order valence-corrected chi connectivity index (χ3v) is 8.28. The number of anilines is 1. The molecular weight excluding hydrogens is 557 g/mol. The van der Waals surface area contributed by atoms with Crippen LogP contribution in [0, 0.1) is 0 Å². The number of carbonyl (C=O) groups excluding carboxylic acids is 2. The predicted molar refractivity (Wildman–Crippen MR) is 158 cm³/mol. The molecular formula is C29H33Cl2N3O4S. The summed E-state index contributed by atoms with van der Waals surface area (Å²) < 4.78 is 26.8. The number of nitrogens with one attached hydrogen (secondary N) is 1. The summed E-state index contributed by atoms with van der Waals surface area (Å²) in [6.45, 7) is 3.48. The number of hydrogen-bond acceptors (Lipinski definition) is 4. The van der Waals surface area contributed by atoms with Crippen molar-refractivity contribution in [2.45, 2.75) is 38.8 Å². The Labute approximate surface area is 240 Å². The zero-order chi connectivity index (χ0) is 28.7. The van der Waals surface area contributed by atoms with Crippen molar-refractivity contribution < 1.29 is 18.0 Å². The number of halogens is 2. The fourth-order valence-corrected chi connectivity index (χ4v) is 5.58. The molecule has 0 spiro atoms. The Morgan fingerprint density at radius 1 is 0.897 bits per heavy atom. The van der Waals surface area contributed by atoms with Crippen molar-refractivity contribution in [1.29, 1.82) is 0 Å². The second-order valence-electron chi connectivity index (χ2n) is 9.56. The molecule has 0 aliphatic carbocycles. The first-order valence-corrected chi connectivity index (χ1v) is 15.1. The van der Waals surface area contributed by atoms with Gasteiger partial charge in [0.25, 0.3) is 0 Å². The average molecular weight is 591 g/mol. The SMILES string of the molecule is CNC(=O)[C@H](Cc1ccccc1)N(Cc1c(Cl)cccc1Cl)C(=O)CN(c1ccc(C(C)C)cc1)S(C)(=O)=O. The second kappa shape index (κ2) is 13.3. The van der Waals surface area contributed by atoms with Gasteiger partial charge in [0.2, 0.25) is 21.8 Å². The Kier molecular flexibility index (Phi) is 10.4. The molecule has 0 saturated carbocycles. The van der Waals surface area contributed by atoms with Gasteiger partial charge in [-0.2, -0.15) is 0 Å². The molecule has 0 unspecified atom stereocenters. The van der Waals surface area contributed by atoms with E-state index in [1.165, 1.54) is 11.9 Å². The summed E-state index contributed by atoms with van der Waals surface area (Å²) in [6, 6.07) is 20.3. The summed E-state index contributed by atoms with van der Waals surface area (Å²) in [4.78, 5) is 28.5. The molecule has 0 aliphatic heterocycles. The summed E-state index contributed by atoms with van der Waals surface area (Å²) in [5.74, 6) is -0.717. The Bertz CT molecular complexity index is 1380. The molecule has 3 aromatic rings. The molecule has 3 rings (SSSR count). The summed E-state index contributed by atoms with van der Waals surface area (Å²) in [7, 11) is -2.36. The molecule has 208 valence electrons. The molecule has 7 nitrogen and oxygen atoms in total. The van der Waals surface area contributed by atoms with Crippen molar-refractivity contribution in [3.8, 4) is 0 Å². The van der Waals surface area contributed by atoms with Crippen molar-refractivity contribution >= 4 is 50.7 Å². The monoisotopic (exact) mass is 589 g/mol. The predicted octanol–water partition coefficient (Wildman–Crippen LogP) is 5.27. The number of nitrogens with zero attached hydrogens (tertiary/aromatic N) is 2. The Morgan fingerprint density at radius 3 is 2.00 bits per heavy atom. The smallest absolute Gasteiger partial charge is 0.244 e. The number of amides is 2. The maximum Gasteiger partial charge on any atom is 0.244 e. The normalized spacial score (nSPS) is 12.2. The molecule has 10 heteroatoms. The van der Waals surface area contributed by atoms with Crippen LogP contribution in [0.5, 0.6) is 0 Å². The van der Waals surface area contributed by atoms with Crippen molar-refractivity contribution in [3.05, 3.63) is 99.5 Å². The van der Waals surface area contributed by atoms with Gasteiger partial charge in [0, 0.05) is 35.6 Å². The summed E-state index contributed by atoms with van der Waals surface area (Å²) in [6.07, 6.45) is 1.25. The van der Waals surface area contributed by atoms with Crippen molar-refractivity contribution in [3.63, 3.8) is 0 Å². The second-order valence-corrected chi connectivity index (χ2v) is 12.3. The van der Waals surface area contributed by atoms with Crippen LogP contribution in [0.2, 0.25) is 10.0 Å². The molecule has 1 N–H and O–H groups in total. The van der Waals surface area contributed by atoms with E-state index in [9.17, 15) is 18.0 Å². The van der Waals surface area contributed by atoms with Gasteiger partial charge in [-0.1, -0.05) is 85.6 Å². The van der Waals surface area contributed by atoms with Crippen LogP contribution in [-0.2, 0) is 32.6 Å². The highest BCUT2D eigenvalue weighted by Gasteiger charge is 2.33. The van der Waals surface area contributed by atoms with E-state index in [1.807, 2.05) is 56.3 Å². The van der Waals surface area contributed by atoms with Gasteiger partial charge < -0.3 is 10.2 Å². The molecule has 0 aromatic heterocycles. The quantitative estimate of drug-likeness (QED) is 0.330. The lowest BCUT2D eigenvalue weighted by atomic mass is 10.0. The summed E-state index contributed by atoms with van der Waals surface area (Å²) in [5.41, 5.74) is 2.68. The van der Waals surface area contributed by atoms with E-state index >= 15 is 0 Å². The number of carbonyl (C=O) groups is 2. The minimum Gasteiger partial charge on any atom is -0.357 e. The summed E-state index contributed by atoms with van der Waals surface area (Å²) >= 11 is 12.9. The first-order chi connectivity index (χ1) is 18.4. The number of sulfonamides is 1. The maximum absolute atomic E-state index is 14.0. The minimum atomic E-state index is -3.85. The van der Waals surface area contributed by atoms with Crippen LogP contribution < -0.4 is 9.62 Å². The molecule has 3 aromatic carbocycles. The third kappa shape index (κ3) is 7.97. The standard InChI is InChI=1S/C29H33Cl2N3O4S/c1-20(2)22-13-15-23(16-14-22)34(39(4,37)38)19-28(35)33(18-24-25(30)11-8-12-26(24)31)27(29(36)32-3)17-21-9-6-5-7-10-21/h5-16,20,27H,17-19H2,1-4H3,(H,32,36)/t27-/m0/s1. The van der Waals surface area contributed by atoms with Crippen LogP contribution >= 0.6 is 23.2 Å². The van der Waals surface area contributed by atoms with E-state index in [2.05, 4.69) is 5.32 Å². The van der Waals surface area contributed by atoms with Gasteiger partial charge in [-0.3, -0.25) is 13.9 Å². The molecule has 0 fully saturated rings. The zero-order valence-electron chi connectivity index (χ0n) is 22.4. The van der Waals surface area contributed by atoms with E-state index in [0.29, 0.717) is 21.3 Å². The van der Waals surface area contributed by atoms with Crippen LogP contribution in [0.1, 0.15) is 36.5 Å². The average Bonchev–Trinajstić information content (AvgIpc) is 2.90. The van der Waals surface area contributed by atoms with Crippen LogP contribution in [-0.4, -0.2) is 51.0 Å². The fraction of sp³-hybridized carbons (Fsp3) is 0.310. The van der Waals surface area contributed by atoms with Gasteiger partial charge in [-0.05, 0) is 41.3 Å². The molecule has 0 heterocycles. The van der Waals surface area contributed by atoms with Gasteiger partial charge in [-0.15, -0.1) is 0 Å². The highest BCUT2D eigenvalue weighted by Crippen LogP contribution is 2.28. The first kappa shape index (κ1) is 30.5. The lowest BCUT2D eigenvalue weighted by Gasteiger charge is -2.33. The van der Waals surface area contributed by atoms with Gasteiger partial charge in [0.1, 0.15) is 12.6 Å². The molecule has 2 amide bonds. The molecule has 0 aliphatic rings. The Morgan fingerprint density at radius 2 is 1.49 bits per heavy atom. The molecule has 0 saturated heterocycles. The van der Waals surface area contributed by atoms with Crippen LogP contribution in [0.15, 0.2) is 72.8 Å². The fourth-order valence-electron chi connectivity index (χ4n) is 4.21.